The molecule has 1 unspecified atom stereocenters. The predicted molar refractivity (Wildman–Crippen MR) is 64.1 cm³/mol. The van der Waals surface area contributed by atoms with E-state index in [9.17, 15) is 0 Å². The van der Waals surface area contributed by atoms with Crippen LogP contribution in [-0.4, -0.2) is 20.8 Å². The highest BCUT2D eigenvalue weighted by Gasteiger charge is 2.40. The van der Waals surface area contributed by atoms with Crippen molar-refractivity contribution >= 4 is 0 Å². The van der Waals surface area contributed by atoms with E-state index in [2.05, 4.69) is 25.2 Å². The lowest BCUT2D eigenvalue weighted by atomic mass is 9.73. The van der Waals surface area contributed by atoms with Gasteiger partial charge in [-0.25, -0.2) is 0 Å². The van der Waals surface area contributed by atoms with Gasteiger partial charge >= 0.3 is 0 Å². The third kappa shape index (κ3) is 1.76. The Morgan fingerprint density at radius 2 is 2.00 bits per heavy atom. The first-order valence-electron chi connectivity index (χ1n) is 5.54. The van der Waals surface area contributed by atoms with Gasteiger partial charge in [-0.2, -0.15) is 0 Å². The van der Waals surface area contributed by atoms with Gasteiger partial charge in [-0.3, -0.25) is 0 Å². The van der Waals surface area contributed by atoms with Gasteiger partial charge in [-0.05, 0) is 11.5 Å². The first kappa shape index (κ1) is 11.3. The van der Waals surface area contributed by atoms with E-state index in [1.807, 2.05) is 12.1 Å². The molecule has 0 bridgehead atoms. The van der Waals surface area contributed by atoms with Gasteiger partial charge in [0.1, 0.15) is 11.5 Å². The summed E-state index contributed by atoms with van der Waals surface area (Å²) in [6, 6.07) is 6.36. The van der Waals surface area contributed by atoms with Crippen molar-refractivity contribution in [2.45, 2.75) is 19.9 Å². The van der Waals surface area contributed by atoms with Crippen LogP contribution < -0.4 is 14.8 Å². The largest absolute Gasteiger partial charge is 0.497 e. The quantitative estimate of drug-likeness (QED) is 0.850. The number of benzene rings is 1. The fourth-order valence-electron chi connectivity index (χ4n) is 2.20. The molecular formula is C13H19NO2. The predicted octanol–water partition coefficient (Wildman–Crippen LogP) is 2.37. The standard InChI is InChI=1S/C13H19NO2/c1-13(2)8-14-12(13)10-6-5-9(15-3)7-11(10)16-4/h5-7,12,14H,8H2,1-4H3. The number of hydrogen-bond donors (Lipinski definition) is 1. The third-order valence-corrected chi connectivity index (χ3v) is 3.29. The van der Waals surface area contributed by atoms with Crippen LogP contribution in [0.15, 0.2) is 18.2 Å². The summed E-state index contributed by atoms with van der Waals surface area (Å²) >= 11 is 0. The molecule has 0 spiro atoms. The lowest BCUT2D eigenvalue weighted by Crippen LogP contribution is -2.52. The molecule has 0 aromatic heterocycles. The molecule has 1 saturated heterocycles. The Morgan fingerprint density at radius 1 is 1.25 bits per heavy atom. The van der Waals surface area contributed by atoms with Crippen LogP contribution in [0.4, 0.5) is 0 Å². The monoisotopic (exact) mass is 221 g/mol. The van der Waals surface area contributed by atoms with Gasteiger partial charge in [-0.1, -0.05) is 19.9 Å². The molecule has 1 aromatic carbocycles. The summed E-state index contributed by atoms with van der Waals surface area (Å²) in [5.41, 5.74) is 1.50. The van der Waals surface area contributed by atoms with Gasteiger partial charge in [-0.15, -0.1) is 0 Å². The molecule has 1 fully saturated rings. The van der Waals surface area contributed by atoms with Crippen molar-refractivity contribution in [3.8, 4) is 11.5 Å². The van der Waals surface area contributed by atoms with Crippen LogP contribution in [0.1, 0.15) is 25.5 Å². The molecule has 1 aliphatic heterocycles. The zero-order chi connectivity index (χ0) is 11.8. The van der Waals surface area contributed by atoms with E-state index in [1.165, 1.54) is 5.56 Å². The first-order valence-corrected chi connectivity index (χ1v) is 5.54. The minimum Gasteiger partial charge on any atom is -0.497 e. The van der Waals surface area contributed by atoms with Gasteiger partial charge < -0.3 is 14.8 Å². The van der Waals surface area contributed by atoms with E-state index in [4.69, 9.17) is 9.47 Å². The van der Waals surface area contributed by atoms with Crippen molar-refractivity contribution in [3.63, 3.8) is 0 Å². The molecule has 0 aliphatic carbocycles. The van der Waals surface area contributed by atoms with Gasteiger partial charge in [0.25, 0.3) is 0 Å². The number of hydrogen-bond acceptors (Lipinski definition) is 3. The van der Waals surface area contributed by atoms with Crippen LogP contribution in [0.25, 0.3) is 0 Å². The minimum atomic E-state index is 0.294. The van der Waals surface area contributed by atoms with Gasteiger partial charge in [0, 0.05) is 24.2 Å². The van der Waals surface area contributed by atoms with Crippen LogP contribution in [0.2, 0.25) is 0 Å². The van der Waals surface area contributed by atoms with Gasteiger partial charge in [0.15, 0.2) is 0 Å². The maximum Gasteiger partial charge on any atom is 0.127 e. The Kier molecular flexibility index (Phi) is 2.80. The van der Waals surface area contributed by atoms with Crippen LogP contribution >= 0.6 is 0 Å². The van der Waals surface area contributed by atoms with Crippen molar-refractivity contribution in [1.29, 1.82) is 0 Å². The SMILES string of the molecule is COc1ccc(C2NCC2(C)C)c(OC)c1. The average molecular weight is 221 g/mol. The van der Waals surface area contributed by atoms with Crippen LogP contribution in [0.3, 0.4) is 0 Å². The molecule has 1 heterocycles. The number of nitrogens with one attached hydrogen (secondary N) is 1. The highest BCUT2D eigenvalue weighted by Crippen LogP contribution is 2.44. The maximum atomic E-state index is 5.42. The summed E-state index contributed by atoms with van der Waals surface area (Å²) in [6.45, 7) is 5.57. The van der Waals surface area contributed by atoms with E-state index < -0.39 is 0 Å². The second-order valence-electron chi connectivity index (χ2n) is 4.91. The molecule has 88 valence electrons. The highest BCUT2D eigenvalue weighted by molar-refractivity contribution is 5.44. The Morgan fingerprint density at radius 3 is 2.44 bits per heavy atom. The van der Waals surface area contributed by atoms with E-state index in [-0.39, 0.29) is 0 Å². The lowest BCUT2D eigenvalue weighted by molar-refractivity contribution is 0.125. The molecule has 1 aromatic rings. The third-order valence-electron chi connectivity index (χ3n) is 3.29. The summed E-state index contributed by atoms with van der Waals surface area (Å²) in [5, 5.41) is 3.44. The normalized spacial score (nSPS) is 22.4. The highest BCUT2D eigenvalue weighted by atomic mass is 16.5. The first-order chi connectivity index (χ1) is 7.58. The number of rotatable bonds is 3. The Bertz CT molecular complexity index is 388. The van der Waals surface area contributed by atoms with Crippen molar-refractivity contribution in [2.24, 2.45) is 5.41 Å². The molecular weight excluding hydrogens is 202 g/mol. The van der Waals surface area contributed by atoms with Crippen LogP contribution in [-0.2, 0) is 0 Å². The smallest absolute Gasteiger partial charge is 0.127 e. The van der Waals surface area contributed by atoms with Crippen LogP contribution in [0.5, 0.6) is 11.5 Å². The minimum absolute atomic E-state index is 0.294. The topological polar surface area (TPSA) is 30.5 Å². The van der Waals surface area contributed by atoms with E-state index in [0.717, 1.165) is 18.0 Å². The molecule has 1 aliphatic rings. The summed E-state index contributed by atoms with van der Waals surface area (Å²) in [4.78, 5) is 0. The zero-order valence-corrected chi connectivity index (χ0v) is 10.3. The molecule has 0 amide bonds. The molecule has 2 rings (SSSR count). The zero-order valence-electron chi connectivity index (χ0n) is 10.3. The molecule has 0 saturated carbocycles. The number of ether oxygens (including phenoxy) is 2. The Labute approximate surface area is 96.8 Å². The van der Waals surface area contributed by atoms with E-state index in [1.54, 1.807) is 14.2 Å². The van der Waals surface area contributed by atoms with E-state index in [0.29, 0.717) is 11.5 Å². The van der Waals surface area contributed by atoms with Crippen molar-refractivity contribution in [3.05, 3.63) is 23.8 Å². The summed E-state index contributed by atoms with van der Waals surface area (Å²) in [5.74, 6) is 1.72. The van der Waals surface area contributed by atoms with Crippen LogP contribution in [0, 0.1) is 5.41 Å². The summed E-state index contributed by atoms with van der Waals surface area (Å²) < 4.78 is 10.6. The lowest BCUT2D eigenvalue weighted by Gasteiger charge is -2.46. The number of methoxy groups -OCH3 is 2. The Hall–Kier alpha value is -1.22. The second kappa shape index (κ2) is 3.98. The summed E-state index contributed by atoms with van der Waals surface area (Å²) in [7, 11) is 3.36. The molecule has 3 heteroatoms. The van der Waals surface area contributed by atoms with Crippen molar-refractivity contribution < 1.29 is 9.47 Å². The Balaban J connectivity index is 2.34. The summed E-state index contributed by atoms with van der Waals surface area (Å²) in [6.07, 6.45) is 0. The molecule has 16 heavy (non-hydrogen) atoms. The maximum absolute atomic E-state index is 5.42. The van der Waals surface area contributed by atoms with Gasteiger partial charge in [0.2, 0.25) is 0 Å². The van der Waals surface area contributed by atoms with E-state index >= 15 is 0 Å². The van der Waals surface area contributed by atoms with Crippen molar-refractivity contribution in [2.75, 3.05) is 20.8 Å². The fourth-order valence-corrected chi connectivity index (χ4v) is 2.20. The molecule has 1 N–H and O–H groups in total. The average Bonchev–Trinajstić information content (AvgIpc) is 2.28. The fraction of sp³-hybridized carbons (Fsp3) is 0.538. The second-order valence-corrected chi connectivity index (χ2v) is 4.91. The molecule has 3 nitrogen and oxygen atoms in total. The molecule has 0 radical (unpaired) electrons. The van der Waals surface area contributed by atoms with Gasteiger partial charge in [0.05, 0.1) is 14.2 Å². The van der Waals surface area contributed by atoms with Crippen molar-refractivity contribution in [1.82, 2.24) is 5.32 Å². The molecule has 1 atom stereocenters.